The number of nitro benzene ring substituents is 1. The Hall–Kier alpha value is -3.39. The van der Waals surface area contributed by atoms with Gasteiger partial charge in [0.1, 0.15) is 17.9 Å². The maximum Gasteiger partial charge on any atom is 0.374 e. The lowest BCUT2D eigenvalue weighted by Gasteiger charge is -2.20. The number of nitrogens with zero attached hydrogens (tertiary/aromatic N) is 1. The van der Waals surface area contributed by atoms with Crippen molar-refractivity contribution in [2.75, 3.05) is 6.79 Å². The Morgan fingerprint density at radius 3 is 2.88 bits per heavy atom. The van der Waals surface area contributed by atoms with E-state index in [1.807, 2.05) is 12.1 Å². The normalized spacial score (nSPS) is 13.1. The molecule has 0 saturated heterocycles. The van der Waals surface area contributed by atoms with Crippen LogP contribution in [0.25, 0.3) is 11.0 Å². The number of carbonyl (C=O) groups is 1. The zero-order chi connectivity index (χ0) is 18.1. The highest BCUT2D eigenvalue weighted by molar-refractivity contribution is 5.92. The first-order valence-electron chi connectivity index (χ1n) is 7.78. The number of benzene rings is 2. The number of nitro groups is 1. The van der Waals surface area contributed by atoms with Gasteiger partial charge in [-0.05, 0) is 12.1 Å². The van der Waals surface area contributed by atoms with Gasteiger partial charge in [-0.3, -0.25) is 10.1 Å². The van der Waals surface area contributed by atoms with Crippen molar-refractivity contribution in [3.05, 3.63) is 69.5 Å². The topological polar surface area (TPSA) is 101 Å². The van der Waals surface area contributed by atoms with Gasteiger partial charge in [-0.25, -0.2) is 4.79 Å². The average Bonchev–Trinajstić information content (AvgIpc) is 3.10. The second-order valence-electron chi connectivity index (χ2n) is 5.69. The molecule has 0 bridgehead atoms. The van der Waals surface area contributed by atoms with Gasteiger partial charge in [-0.1, -0.05) is 18.2 Å². The molecule has 1 aromatic heterocycles. The Balaban J connectivity index is 1.57. The van der Waals surface area contributed by atoms with E-state index in [0.29, 0.717) is 22.5 Å². The highest BCUT2D eigenvalue weighted by atomic mass is 16.7. The van der Waals surface area contributed by atoms with Crippen molar-refractivity contribution in [3.63, 3.8) is 0 Å². The first kappa shape index (κ1) is 16.1. The van der Waals surface area contributed by atoms with Crippen LogP contribution in [0.4, 0.5) is 5.69 Å². The second-order valence-corrected chi connectivity index (χ2v) is 5.69. The van der Waals surface area contributed by atoms with E-state index in [0.717, 1.165) is 5.39 Å². The predicted octanol–water partition coefficient (Wildman–Crippen LogP) is 3.56. The van der Waals surface area contributed by atoms with Crippen molar-refractivity contribution in [2.45, 2.75) is 13.2 Å². The van der Waals surface area contributed by atoms with Gasteiger partial charge in [0.15, 0.2) is 6.79 Å². The maximum absolute atomic E-state index is 12.3. The average molecular weight is 355 g/mol. The van der Waals surface area contributed by atoms with Crippen LogP contribution in [0.2, 0.25) is 0 Å². The molecule has 0 atom stereocenters. The highest BCUT2D eigenvalue weighted by Gasteiger charge is 2.22. The van der Waals surface area contributed by atoms with Gasteiger partial charge in [0.25, 0.3) is 5.69 Å². The van der Waals surface area contributed by atoms with Crippen LogP contribution in [0.1, 0.15) is 21.7 Å². The molecule has 8 nitrogen and oxygen atoms in total. The largest absolute Gasteiger partial charge is 0.467 e. The molecular formula is C18H13NO7. The minimum Gasteiger partial charge on any atom is -0.467 e. The molecule has 0 fully saturated rings. The molecule has 1 aliphatic rings. The summed E-state index contributed by atoms with van der Waals surface area (Å²) >= 11 is 0. The van der Waals surface area contributed by atoms with E-state index in [1.165, 1.54) is 12.1 Å². The number of hydrogen-bond acceptors (Lipinski definition) is 7. The van der Waals surface area contributed by atoms with Gasteiger partial charge in [0, 0.05) is 28.6 Å². The quantitative estimate of drug-likeness (QED) is 0.400. The van der Waals surface area contributed by atoms with E-state index in [4.69, 9.17) is 18.6 Å². The van der Waals surface area contributed by atoms with Crippen LogP contribution in [-0.4, -0.2) is 17.7 Å². The van der Waals surface area contributed by atoms with Crippen molar-refractivity contribution < 1.29 is 28.3 Å². The van der Waals surface area contributed by atoms with Crippen molar-refractivity contribution in [3.8, 4) is 5.75 Å². The zero-order valence-corrected chi connectivity index (χ0v) is 13.5. The van der Waals surface area contributed by atoms with Gasteiger partial charge in [0.05, 0.1) is 11.5 Å². The molecule has 0 N–H and O–H groups in total. The third kappa shape index (κ3) is 2.98. The second kappa shape index (κ2) is 6.49. The van der Waals surface area contributed by atoms with Crippen LogP contribution < -0.4 is 4.74 Å². The molecule has 3 aromatic rings. The Kier molecular flexibility index (Phi) is 4.02. The van der Waals surface area contributed by atoms with Gasteiger partial charge in [0.2, 0.25) is 5.76 Å². The number of ether oxygens (including phenoxy) is 3. The Morgan fingerprint density at radius 2 is 2.08 bits per heavy atom. The molecule has 4 rings (SSSR count). The SMILES string of the molecule is O=C(OCc1cc([N+](=O)[O-])cc2c1OCOC2)c1cc2ccccc2o1. The number of fused-ring (bicyclic) bond motifs is 2. The summed E-state index contributed by atoms with van der Waals surface area (Å²) in [6, 6.07) is 11.5. The van der Waals surface area contributed by atoms with E-state index in [1.54, 1.807) is 18.2 Å². The van der Waals surface area contributed by atoms with Crippen molar-refractivity contribution >= 4 is 22.6 Å². The maximum atomic E-state index is 12.3. The fourth-order valence-electron chi connectivity index (χ4n) is 2.79. The summed E-state index contributed by atoms with van der Waals surface area (Å²) in [7, 11) is 0. The number of non-ortho nitro benzene ring substituents is 1. The molecule has 0 spiro atoms. The molecule has 0 unspecified atom stereocenters. The smallest absolute Gasteiger partial charge is 0.374 e. The molecule has 26 heavy (non-hydrogen) atoms. The summed E-state index contributed by atoms with van der Waals surface area (Å²) in [4.78, 5) is 22.8. The monoisotopic (exact) mass is 355 g/mol. The fourth-order valence-corrected chi connectivity index (χ4v) is 2.79. The van der Waals surface area contributed by atoms with Gasteiger partial charge in [-0.2, -0.15) is 0 Å². The first-order valence-corrected chi connectivity index (χ1v) is 7.78. The highest BCUT2D eigenvalue weighted by Crippen LogP contribution is 2.33. The Bertz CT molecular complexity index is 975. The van der Waals surface area contributed by atoms with Crippen LogP contribution in [-0.2, 0) is 22.7 Å². The Morgan fingerprint density at radius 1 is 1.23 bits per heavy atom. The van der Waals surface area contributed by atoms with E-state index >= 15 is 0 Å². The molecule has 0 radical (unpaired) electrons. The van der Waals surface area contributed by atoms with Gasteiger partial charge < -0.3 is 18.6 Å². The molecule has 0 saturated carbocycles. The van der Waals surface area contributed by atoms with Crippen molar-refractivity contribution in [1.82, 2.24) is 0 Å². The van der Waals surface area contributed by atoms with E-state index < -0.39 is 10.9 Å². The lowest BCUT2D eigenvalue weighted by atomic mass is 10.1. The van der Waals surface area contributed by atoms with Crippen LogP contribution in [0.15, 0.2) is 46.9 Å². The van der Waals surface area contributed by atoms with E-state index in [-0.39, 0.29) is 31.5 Å². The summed E-state index contributed by atoms with van der Waals surface area (Å²) in [5.41, 5.74) is 1.41. The van der Waals surface area contributed by atoms with Crippen LogP contribution in [0, 0.1) is 10.1 Å². The molecule has 132 valence electrons. The Labute approximate surface area is 147 Å². The molecular weight excluding hydrogens is 342 g/mol. The van der Waals surface area contributed by atoms with Crippen molar-refractivity contribution in [2.24, 2.45) is 0 Å². The molecule has 0 aliphatic carbocycles. The van der Waals surface area contributed by atoms with Gasteiger partial charge >= 0.3 is 5.97 Å². The summed E-state index contributed by atoms with van der Waals surface area (Å²) in [6.45, 7) is 0.0523. The summed E-state index contributed by atoms with van der Waals surface area (Å²) < 4.78 is 21.3. The molecule has 2 heterocycles. The molecule has 1 aliphatic heterocycles. The predicted molar refractivity (Wildman–Crippen MR) is 88.7 cm³/mol. The van der Waals surface area contributed by atoms with Crippen LogP contribution in [0.3, 0.4) is 0 Å². The number of hydrogen-bond donors (Lipinski definition) is 0. The third-order valence-corrected chi connectivity index (χ3v) is 3.97. The minimum atomic E-state index is -0.659. The number of para-hydroxylation sites is 1. The summed E-state index contributed by atoms with van der Waals surface area (Å²) in [6.07, 6.45) is 0. The molecule has 0 amide bonds. The summed E-state index contributed by atoms with van der Waals surface area (Å²) in [5, 5.41) is 11.9. The summed E-state index contributed by atoms with van der Waals surface area (Å²) in [5.74, 6) is -0.150. The van der Waals surface area contributed by atoms with E-state index in [2.05, 4.69) is 0 Å². The number of furan rings is 1. The number of carbonyl (C=O) groups excluding carboxylic acids is 1. The third-order valence-electron chi connectivity index (χ3n) is 3.97. The van der Waals surface area contributed by atoms with Gasteiger partial charge in [-0.15, -0.1) is 0 Å². The van der Waals surface area contributed by atoms with Crippen molar-refractivity contribution in [1.29, 1.82) is 0 Å². The first-order chi connectivity index (χ1) is 12.6. The zero-order valence-electron chi connectivity index (χ0n) is 13.5. The van der Waals surface area contributed by atoms with Crippen LogP contribution >= 0.6 is 0 Å². The number of rotatable bonds is 4. The molecule has 2 aromatic carbocycles. The lowest BCUT2D eigenvalue weighted by molar-refractivity contribution is -0.385. The standard InChI is InChI=1S/C18H13NO7/c20-18(16-7-11-3-1-2-4-15(11)26-16)24-9-13-6-14(19(21)22)5-12-8-23-10-25-17(12)13/h1-7H,8-10H2. The fraction of sp³-hybridized carbons (Fsp3) is 0.167. The number of esters is 1. The minimum absolute atomic E-state index is 0.0370. The van der Waals surface area contributed by atoms with E-state index in [9.17, 15) is 14.9 Å². The lowest BCUT2D eigenvalue weighted by Crippen LogP contribution is -2.15. The van der Waals surface area contributed by atoms with Crippen LogP contribution in [0.5, 0.6) is 5.75 Å². The molecule has 8 heteroatoms.